The van der Waals surface area contributed by atoms with Crippen molar-refractivity contribution in [2.75, 3.05) is 0 Å². The number of aromatic nitrogens is 11. The van der Waals surface area contributed by atoms with Crippen LogP contribution in [0.2, 0.25) is 0 Å². The molecule has 510 valence electrons. The van der Waals surface area contributed by atoms with Gasteiger partial charge in [-0.3, -0.25) is 4.98 Å². The molecule has 0 radical (unpaired) electrons. The molecule has 0 saturated heterocycles. The van der Waals surface area contributed by atoms with Gasteiger partial charge in [0.2, 0.25) is 0 Å². The van der Waals surface area contributed by atoms with Gasteiger partial charge in [0.05, 0.1) is 22.8 Å². The Balaban J connectivity index is 0.000000165. The zero-order valence-corrected chi connectivity index (χ0v) is 58.5. The highest BCUT2D eigenvalue weighted by Gasteiger charge is 2.19. The molecule has 17 rings (SSSR count). The Morgan fingerprint density at radius 1 is 0.222 bits per heavy atom. The largest absolute Gasteiger partial charge is 0.308 e. The van der Waals surface area contributed by atoms with Crippen LogP contribution >= 0.6 is 0 Å². The van der Waals surface area contributed by atoms with Gasteiger partial charge in [0.1, 0.15) is 0 Å². The molecule has 0 aliphatic heterocycles. The molecule has 108 heavy (non-hydrogen) atoms. The summed E-state index contributed by atoms with van der Waals surface area (Å²) in [5.41, 5.74) is 22.7. The van der Waals surface area contributed by atoms with E-state index in [2.05, 4.69) is 151 Å². The van der Waals surface area contributed by atoms with Crippen molar-refractivity contribution in [3.05, 3.63) is 389 Å². The van der Waals surface area contributed by atoms with Gasteiger partial charge in [0.25, 0.3) is 0 Å². The van der Waals surface area contributed by atoms with Crippen molar-refractivity contribution < 1.29 is 0 Å². The van der Waals surface area contributed by atoms with Gasteiger partial charge in [-0.15, -0.1) is 0 Å². The summed E-state index contributed by atoms with van der Waals surface area (Å²) in [7, 11) is 0. The number of rotatable bonds is 18. The molecule has 0 aliphatic carbocycles. The van der Waals surface area contributed by atoms with Crippen LogP contribution in [0, 0.1) is 5.41 Å². The summed E-state index contributed by atoms with van der Waals surface area (Å²) in [4.78, 5) is 53.9. The average Bonchev–Trinajstić information content (AvgIpc) is 0.789. The van der Waals surface area contributed by atoms with Gasteiger partial charge in [-0.25, -0.2) is 49.8 Å². The van der Waals surface area contributed by atoms with Crippen LogP contribution in [0.15, 0.2) is 383 Å². The van der Waals surface area contributed by atoms with Crippen LogP contribution in [0.4, 0.5) is 0 Å². The Kier molecular flexibility index (Phi) is 19.9. The SMILES string of the molecule is C=C/C=C(\C=N)c1cccc(-c2cc(-c3cccc(-c4ccc(-c5nc(-c6ccccc6)nc(-c6ccccc6)n5)cc4)c3)nc(-c3ccccc3)n2)c1.c1ccc(-c2cc(-c3cccc(-c4ccc(-c5nc(-c6ccccc6)nc(-c6cccc(-c7cccnc7)c6)n5)cc4)c3)nc(-c3ccccc3)n2)cc1. The first kappa shape index (κ1) is 67.6. The molecule has 0 amide bonds. The number of nitrogens with zero attached hydrogens (tertiary/aromatic N) is 11. The van der Waals surface area contributed by atoms with Crippen LogP contribution in [-0.2, 0) is 0 Å². The van der Waals surface area contributed by atoms with E-state index in [-0.39, 0.29) is 0 Å². The number of allylic oxidation sites excluding steroid dienone is 3. The molecular formula is C96H66N12. The van der Waals surface area contributed by atoms with Gasteiger partial charge >= 0.3 is 0 Å². The second-order valence-electron chi connectivity index (χ2n) is 25.5. The topological polar surface area (TPSA) is 166 Å². The zero-order valence-electron chi connectivity index (χ0n) is 58.5. The van der Waals surface area contributed by atoms with Gasteiger partial charge < -0.3 is 5.41 Å². The molecule has 5 aromatic heterocycles. The summed E-state index contributed by atoms with van der Waals surface area (Å²) in [6.45, 7) is 3.81. The van der Waals surface area contributed by atoms with E-state index in [1.54, 1.807) is 12.3 Å². The fraction of sp³-hybridized carbons (Fsp3) is 0. The Labute approximate surface area is 626 Å². The van der Waals surface area contributed by atoms with E-state index in [0.29, 0.717) is 46.6 Å². The van der Waals surface area contributed by atoms with Crippen molar-refractivity contribution in [2.24, 2.45) is 0 Å². The van der Waals surface area contributed by atoms with Crippen LogP contribution in [0.1, 0.15) is 5.56 Å². The average molecular weight is 1390 g/mol. The normalized spacial score (nSPS) is 11.1. The van der Waals surface area contributed by atoms with Gasteiger partial charge in [0, 0.05) is 90.9 Å². The highest BCUT2D eigenvalue weighted by molar-refractivity contribution is 6.09. The Bertz CT molecular complexity index is 5930. The maximum atomic E-state index is 7.92. The predicted octanol–water partition coefficient (Wildman–Crippen LogP) is 22.9. The van der Waals surface area contributed by atoms with Gasteiger partial charge in [-0.05, 0) is 81.4 Å². The molecule has 0 bridgehead atoms. The van der Waals surface area contributed by atoms with Crippen molar-refractivity contribution in [1.82, 2.24) is 54.8 Å². The van der Waals surface area contributed by atoms with Crippen LogP contribution < -0.4 is 0 Å². The third-order valence-corrected chi connectivity index (χ3v) is 18.3. The summed E-state index contributed by atoms with van der Waals surface area (Å²) < 4.78 is 0. The number of benzene rings is 12. The standard InChI is InChI=1S/C48H32N6.C48H34N6/c1-4-13-34(14-5-1)43-31-44(51-45(50-43)35-15-6-2-7-16-35)40-21-10-19-38(29-40)33-24-26-37(27-25-33)47-52-46(36-17-8-3-9-18-36)53-48(54-47)41-22-11-20-39(30-41)42-23-12-28-49-32-42;1-2-14-42(32-49)39-22-13-24-41(30-39)44-31-43(50-45(51-44)34-15-6-3-7-16-34)40-23-12-21-38(29-40)33-25-27-37(28-26-33)48-53-46(35-17-8-4-9-18-35)52-47(54-48)36-19-10-5-11-20-36/h1-32H;2-32,49H,1H2/b;42-14+,49-32?. The van der Waals surface area contributed by atoms with E-state index in [4.69, 9.17) is 55.2 Å². The molecular weight excluding hydrogens is 1320 g/mol. The lowest BCUT2D eigenvalue weighted by Gasteiger charge is -2.12. The third-order valence-electron chi connectivity index (χ3n) is 18.3. The molecule has 1 N–H and O–H groups in total. The van der Waals surface area contributed by atoms with E-state index < -0.39 is 0 Å². The lowest BCUT2D eigenvalue weighted by molar-refractivity contribution is 1.07. The summed E-state index contributed by atoms with van der Waals surface area (Å²) in [5, 5.41) is 7.92. The van der Waals surface area contributed by atoms with Crippen LogP contribution in [0.3, 0.4) is 0 Å². The summed E-state index contributed by atoms with van der Waals surface area (Å²) in [6.07, 6.45) is 8.51. The Morgan fingerprint density at radius 2 is 0.491 bits per heavy atom. The molecule has 0 spiro atoms. The minimum atomic E-state index is 0.605. The van der Waals surface area contributed by atoms with Gasteiger partial charge in [-0.2, -0.15) is 0 Å². The fourth-order valence-corrected chi connectivity index (χ4v) is 12.7. The number of hydrogen-bond acceptors (Lipinski definition) is 12. The molecule has 0 unspecified atom stereocenters. The minimum absolute atomic E-state index is 0.605. The Morgan fingerprint density at radius 3 is 0.852 bits per heavy atom. The summed E-state index contributed by atoms with van der Waals surface area (Å²) >= 11 is 0. The van der Waals surface area contributed by atoms with Crippen LogP contribution in [-0.4, -0.2) is 61.0 Å². The van der Waals surface area contributed by atoms with Crippen molar-refractivity contribution in [3.63, 3.8) is 0 Å². The predicted molar refractivity (Wildman–Crippen MR) is 437 cm³/mol. The molecule has 12 aromatic carbocycles. The molecule has 0 saturated carbocycles. The minimum Gasteiger partial charge on any atom is -0.308 e. The van der Waals surface area contributed by atoms with E-state index in [1.807, 2.05) is 225 Å². The van der Waals surface area contributed by atoms with Crippen molar-refractivity contribution >= 4 is 11.8 Å². The monoisotopic (exact) mass is 1390 g/mol. The van der Waals surface area contributed by atoms with E-state index in [0.717, 1.165) is 134 Å². The van der Waals surface area contributed by atoms with Gasteiger partial charge in [-0.1, -0.05) is 328 Å². The molecule has 0 atom stereocenters. The van der Waals surface area contributed by atoms with E-state index >= 15 is 0 Å². The van der Waals surface area contributed by atoms with Crippen LogP contribution in [0.25, 0.3) is 175 Å². The number of nitrogens with one attached hydrogen (secondary N) is 1. The van der Waals surface area contributed by atoms with Crippen molar-refractivity contribution in [1.29, 1.82) is 5.41 Å². The second-order valence-corrected chi connectivity index (χ2v) is 25.5. The molecule has 12 nitrogen and oxygen atoms in total. The summed E-state index contributed by atoms with van der Waals surface area (Å²) in [6, 6.07) is 118. The molecule has 5 heterocycles. The van der Waals surface area contributed by atoms with Crippen LogP contribution in [0.5, 0.6) is 0 Å². The highest BCUT2D eigenvalue weighted by atomic mass is 15.0. The second kappa shape index (κ2) is 31.8. The van der Waals surface area contributed by atoms with Gasteiger partial charge in [0.15, 0.2) is 46.6 Å². The molecule has 0 aliphatic rings. The lowest BCUT2D eigenvalue weighted by Crippen LogP contribution is -2.00. The smallest absolute Gasteiger partial charge is 0.164 e. The molecule has 0 fully saturated rings. The first-order valence-corrected chi connectivity index (χ1v) is 35.4. The first-order chi connectivity index (χ1) is 53.4. The van der Waals surface area contributed by atoms with Crippen molar-refractivity contribution in [3.8, 4) is 170 Å². The van der Waals surface area contributed by atoms with Crippen molar-refractivity contribution in [2.45, 2.75) is 0 Å². The first-order valence-electron chi connectivity index (χ1n) is 35.4. The lowest BCUT2D eigenvalue weighted by atomic mass is 9.98. The molecule has 12 heteroatoms. The maximum Gasteiger partial charge on any atom is 0.164 e. The third kappa shape index (κ3) is 15.6. The fourth-order valence-electron chi connectivity index (χ4n) is 12.7. The number of pyridine rings is 1. The van der Waals surface area contributed by atoms with E-state index in [9.17, 15) is 0 Å². The highest BCUT2D eigenvalue weighted by Crippen LogP contribution is 2.36. The van der Waals surface area contributed by atoms with E-state index in [1.165, 1.54) is 6.21 Å². The maximum absolute atomic E-state index is 7.92. The Hall–Kier alpha value is -14.9. The molecule has 17 aromatic rings. The zero-order chi connectivity index (χ0) is 72.8. The number of hydrogen-bond donors (Lipinski definition) is 1. The quantitative estimate of drug-likeness (QED) is 0.0642. The summed E-state index contributed by atoms with van der Waals surface area (Å²) in [5.74, 6) is 5.03.